The number of alkyl halides is 1. The van der Waals surface area contributed by atoms with Gasteiger partial charge in [0.05, 0.1) is 11.6 Å². The molecule has 3 nitrogen and oxygen atoms in total. The van der Waals surface area contributed by atoms with E-state index in [1.165, 1.54) is 0 Å². The van der Waals surface area contributed by atoms with Gasteiger partial charge in [-0.1, -0.05) is 11.6 Å². The molecule has 2 heterocycles. The Bertz CT molecular complexity index is 798. The van der Waals surface area contributed by atoms with Gasteiger partial charge in [-0.2, -0.15) is 0 Å². The summed E-state index contributed by atoms with van der Waals surface area (Å²) in [4.78, 5) is 9.09. The van der Waals surface area contributed by atoms with Crippen LogP contribution in [0.3, 0.4) is 0 Å². The Labute approximate surface area is 134 Å². The van der Waals surface area contributed by atoms with Gasteiger partial charge in [-0.05, 0) is 53.2 Å². The van der Waals surface area contributed by atoms with Crippen LogP contribution in [0.5, 0.6) is 0 Å². The Morgan fingerprint density at radius 2 is 2.00 bits per heavy atom. The molecule has 0 atom stereocenters. The molecule has 0 spiro atoms. The van der Waals surface area contributed by atoms with Crippen molar-refractivity contribution in [1.29, 1.82) is 0 Å². The Morgan fingerprint density at radius 3 is 2.75 bits per heavy atom. The SMILES string of the molecule is Cc1ccc2nc(CCl)n(-c3cc(Cl)ccc3Br)c2n1. The van der Waals surface area contributed by atoms with E-state index in [1.807, 2.05) is 41.8 Å². The Kier molecular flexibility index (Phi) is 3.71. The van der Waals surface area contributed by atoms with Crippen LogP contribution >= 0.6 is 39.1 Å². The summed E-state index contributed by atoms with van der Waals surface area (Å²) in [5, 5.41) is 0.651. The first-order valence-corrected chi connectivity index (χ1v) is 7.67. The molecule has 0 fully saturated rings. The molecule has 3 aromatic rings. The molecule has 0 aliphatic rings. The number of aromatic nitrogens is 3. The van der Waals surface area contributed by atoms with E-state index < -0.39 is 0 Å². The fourth-order valence-electron chi connectivity index (χ4n) is 2.10. The molecule has 0 aliphatic heterocycles. The summed E-state index contributed by atoms with van der Waals surface area (Å²) in [7, 11) is 0. The zero-order valence-corrected chi connectivity index (χ0v) is 13.7. The third-order valence-corrected chi connectivity index (χ3v) is 4.13. The van der Waals surface area contributed by atoms with Gasteiger partial charge in [0.2, 0.25) is 0 Å². The summed E-state index contributed by atoms with van der Waals surface area (Å²) >= 11 is 15.7. The molecular weight excluding hydrogens is 361 g/mol. The molecule has 0 N–H and O–H groups in total. The van der Waals surface area contributed by atoms with Crippen LogP contribution in [0.15, 0.2) is 34.8 Å². The summed E-state index contributed by atoms with van der Waals surface area (Å²) in [5.74, 6) is 1.04. The van der Waals surface area contributed by atoms with Crippen LogP contribution in [-0.4, -0.2) is 14.5 Å². The Hall–Kier alpha value is -1.10. The molecule has 0 radical (unpaired) electrons. The fourth-order valence-corrected chi connectivity index (χ4v) is 2.87. The molecule has 0 aliphatic carbocycles. The van der Waals surface area contributed by atoms with E-state index in [2.05, 4.69) is 25.9 Å². The van der Waals surface area contributed by atoms with E-state index in [0.29, 0.717) is 10.9 Å². The quantitative estimate of drug-likeness (QED) is 0.601. The zero-order chi connectivity index (χ0) is 14.3. The first-order chi connectivity index (χ1) is 9.60. The predicted molar refractivity (Wildman–Crippen MR) is 85.9 cm³/mol. The standard InChI is InChI=1S/C14H10BrCl2N3/c1-8-2-5-11-14(18-8)20(13(7-16)19-11)12-6-9(17)3-4-10(12)15/h2-6H,7H2,1H3. The number of imidazole rings is 1. The molecule has 3 rings (SSSR count). The van der Waals surface area contributed by atoms with Gasteiger partial charge < -0.3 is 0 Å². The number of halogens is 3. The van der Waals surface area contributed by atoms with Gasteiger partial charge in [0.1, 0.15) is 11.3 Å². The van der Waals surface area contributed by atoms with E-state index in [4.69, 9.17) is 23.2 Å². The second kappa shape index (κ2) is 5.35. The van der Waals surface area contributed by atoms with Gasteiger partial charge in [0.25, 0.3) is 0 Å². The number of pyridine rings is 1. The van der Waals surface area contributed by atoms with E-state index >= 15 is 0 Å². The third kappa shape index (κ3) is 2.32. The number of rotatable bonds is 2. The highest BCUT2D eigenvalue weighted by atomic mass is 79.9. The number of aryl methyl sites for hydroxylation is 1. The highest BCUT2D eigenvalue weighted by Crippen LogP contribution is 2.29. The predicted octanol–water partition coefficient (Wildman–Crippen LogP) is 4.88. The summed E-state index contributed by atoms with van der Waals surface area (Å²) in [6.07, 6.45) is 0. The molecular formula is C14H10BrCl2N3. The molecule has 0 unspecified atom stereocenters. The molecule has 1 aromatic carbocycles. The summed E-state index contributed by atoms with van der Waals surface area (Å²) in [5.41, 5.74) is 3.41. The highest BCUT2D eigenvalue weighted by Gasteiger charge is 2.15. The van der Waals surface area contributed by atoms with Gasteiger partial charge in [-0.15, -0.1) is 11.6 Å². The topological polar surface area (TPSA) is 30.7 Å². The average molecular weight is 371 g/mol. The molecule has 20 heavy (non-hydrogen) atoms. The minimum atomic E-state index is 0.300. The van der Waals surface area contributed by atoms with Crippen molar-refractivity contribution in [1.82, 2.24) is 14.5 Å². The van der Waals surface area contributed by atoms with E-state index in [9.17, 15) is 0 Å². The Balaban J connectivity index is 2.39. The lowest BCUT2D eigenvalue weighted by Gasteiger charge is -2.10. The smallest absolute Gasteiger partial charge is 0.164 e. The van der Waals surface area contributed by atoms with Gasteiger partial charge in [-0.25, -0.2) is 9.97 Å². The zero-order valence-electron chi connectivity index (χ0n) is 10.6. The number of hydrogen-bond donors (Lipinski definition) is 0. The number of benzene rings is 1. The summed E-state index contributed by atoms with van der Waals surface area (Å²) in [6.45, 7) is 1.95. The van der Waals surface area contributed by atoms with Crippen LogP contribution in [0.2, 0.25) is 5.02 Å². The van der Waals surface area contributed by atoms with Gasteiger partial charge in [0.15, 0.2) is 5.65 Å². The van der Waals surface area contributed by atoms with Crippen LogP contribution < -0.4 is 0 Å². The van der Waals surface area contributed by atoms with Gasteiger partial charge in [0, 0.05) is 15.2 Å². The van der Waals surface area contributed by atoms with E-state index in [-0.39, 0.29) is 0 Å². The lowest BCUT2D eigenvalue weighted by Crippen LogP contribution is -2.01. The van der Waals surface area contributed by atoms with Crippen molar-refractivity contribution in [2.75, 3.05) is 0 Å². The van der Waals surface area contributed by atoms with Crippen LogP contribution in [0.25, 0.3) is 16.9 Å². The second-order valence-electron chi connectivity index (χ2n) is 4.39. The third-order valence-electron chi connectivity index (χ3n) is 2.98. The number of fused-ring (bicyclic) bond motifs is 1. The van der Waals surface area contributed by atoms with Crippen LogP contribution in [0.1, 0.15) is 11.5 Å². The monoisotopic (exact) mass is 369 g/mol. The van der Waals surface area contributed by atoms with Crippen molar-refractivity contribution < 1.29 is 0 Å². The molecule has 0 saturated carbocycles. The normalized spacial score (nSPS) is 11.2. The molecule has 0 bridgehead atoms. The summed E-state index contributed by atoms with van der Waals surface area (Å²) < 4.78 is 2.85. The molecule has 0 saturated heterocycles. The molecule has 102 valence electrons. The van der Waals surface area contributed by atoms with Crippen molar-refractivity contribution in [3.63, 3.8) is 0 Å². The lowest BCUT2D eigenvalue weighted by atomic mass is 10.3. The van der Waals surface area contributed by atoms with Crippen molar-refractivity contribution in [2.24, 2.45) is 0 Å². The molecule has 2 aromatic heterocycles. The molecule has 0 amide bonds. The van der Waals surface area contributed by atoms with Crippen molar-refractivity contribution in [3.05, 3.63) is 51.3 Å². The Morgan fingerprint density at radius 1 is 1.20 bits per heavy atom. The van der Waals surface area contributed by atoms with E-state index in [0.717, 1.165) is 32.8 Å². The molecule has 6 heteroatoms. The van der Waals surface area contributed by atoms with Gasteiger partial charge >= 0.3 is 0 Å². The maximum absolute atomic E-state index is 6.10. The number of hydrogen-bond acceptors (Lipinski definition) is 2. The maximum atomic E-state index is 6.10. The average Bonchev–Trinajstić information content (AvgIpc) is 2.79. The maximum Gasteiger partial charge on any atom is 0.164 e. The fraction of sp³-hybridized carbons (Fsp3) is 0.143. The van der Waals surface area contributed by atoms with Crippen LogP contribution in [0, 0.1) is 6.92 Å². The van der Waals surface area contributed by atoms with Gasteiger partial charge in [-0.3, -0.25) is 4.57 Å². The highest BCUT2D eigenvalue weighted by molar-refractivity contribution is 9.10. The second-order valence-corrected chi connectivity index (χ2v) is 5.95. The van der Waals surface area contributed by atoms with Crippen molar-refractivity contribution in [2.45, 2.75) is 12.8 Å². The largest absolute Gasteiger partial charge is 0.278 e. The van der Waals surface area contributed by atoms with Crippen molar-refractivity contribution >= 4 is 50.3 Å². The number of nitrogens with zero attached hydrogens (tertiary/aromatic N) is 3. The minimum Gasteiger partial charge on any atom is -0.278 e. The van der Waals surface area contributed by atoms with Crippen LogP contribution in [0.4, 0.5) is 0 Å². The lowest BCUT2D eigenvalue weighted by molar-refractivity contribution is 0.962. The first kappa shape index (κ1) is 13.9. The van der Waals surface area contributed by atoms with Crippen LogP contribution in [-0.2, 0) is 5.88 Å². The van der Waals surface area contributed by atoms with Crippen molar-refractivity contribution in [3.8, 4) is 5.69 Å². The first-order valence-electron chi connectivity index (χ1n) is 5.96. The van der Waals surface area contributed by atoms with E-state index in [1.54, 1.807) is 0 Å². The summed E-state index contributed by atoms with van der Waals surface area (Å²) in [6, 6.07) is 9.48. The minimum absolute atomic E-state index is 0.300.